The van der Waals surface area contributed by atoms with Crippen molar-refractivity contribution in [2.75, 3.05) is 14.2 Å². The molecule has 0 bridgehead atoms. The van der Waals surface area contributed by atoms with E-state index in [1.807, 2.05) is 48.1 Å². The number of aliphatic hydroxyl groups is 1. The number of hydrogen-bond acceptors (Lipinski definition) is 4. The third kappa shape index (κ3) is 3.51. The van der Waals surface area contributed by atoms with E-state index in [0.717, 1.165) is 45.5 Å². The van der Waals surface area contributed by atoms with Crippen LogP contribution in [-0.4, -0.2) is 29.1 Å². The maximum Gasteiger partial charge on any atom is 0.127 e. The molecule has 0 radical (unpaired) electrons. The van der Waals surface area contributed by atoms with Gasteiger partial charge in [0.05, 0.1) is 39.1 Å². The molecular weight excluding hydrogens is 328 g/mol. The van der Waals surface area contributed by atoms with Gasteiger partial charge in [-0.25, -0.2) is 0 Å². The summed E-state index contributed by atoms with van der Waals surface area (Å²) < 4.78 is 12.6. The molecule has 1 heterocycles. The molecule has 3 rings (SSSR count). The third-order valence-corrected chi connectivity index (χ3v) is 4.25. The van der Waals surface area contributed by atoms with Gasteiger partial charge in [0.15, 0.2) is 0 Å². The molecule has 0 aliphatic rings. The quantitative estimate of drug-likeness (QED) is 0.717. The Morgan fingerprint density at radius 2 is 1.96 bits per heavy atom. The highest BCUT2D eigenvalue weighted by Crippen LogP contribution is 2.27. The zero-order chi connectivity index (χ0) is 18.5. The second-order valence-corrected chi connectivity index (χ2v) is 5.86. The van der Waals surface area contributed by atoms with Crippen LogP contribution in [0.2, 0.25) is 0 Å². The minimum atomic E-state index is -0.0549. The first kappa shape index (κ1) is 17.8. The first-order valence-electron chi connectivity index (χ1n) is 8.49. The van der Waals surface area contributed by atoms with Gasteiger partial charge in [-0.05, 0) is 29.8 Å². The molecule has 0 fully saturated rings. The predicted octanol–water partition coefficient (Wildman–Crippen LogP) is 3.36. The molecule has 3 aromatic rings. The van der Waals surface area contributed by atoms with Crippen molar-refractivity contribution in [3.8, 4) is 23.3 Å². The summed E-state index contributed by atoms with van der Waals surface area (Å²) in [5, 5.41) is 15.2. The lowest BCUT2D eigenvalue weighted by atomic mass is 10.1. The number of nitrogens with zero attached hydrogens (tertiary/aromatic N) is 2. The number of methoxy groups -OCH3 is 2. The topological polar surface area (TPSA) is 56.5 Å². The van der Waals surface area contributed by atoms with Crippen LogP contribution in [0.5, 0.6) is 11.5 Å². The van der Waals surface area contributed by atoms with E-state index in [4.69, 9.17) is 9.47 Å². The molecule has 0 amide bonds. The SMILES string of the molecule is CCC#Cc1cc2cnn(Cc3ccc(OC)cc3OC)c2cc1CO. The average molecular weight is 350 g/mol. The van der Waals surface area contributed by atoms with Gasteiger partial charge in [-0.3, -0.25) is 4.68 Å². The number of aliphatic hydroxyl groups excluding tert-OH is 1. The van der Waals surface area contributed by atoms with Crippen molar-refractivity contribution in [2.45, 2.75) is 26.5 Å². The van der Waals surface area contributed by atoms with E-state index in [2.05, 4.69) is 16.9 Å². The van der Waals surface area contributed by atoms with Crippen molar-refractivity contribution in [3.63, 3.8) is 0 Å². The Morgan fingerprint density at radius 1 is 1.12 bits per heavy atom. The van der Waals surface area contributed by atoms with Crippen molar-refractivity contribution >= 4 is 10.9 Å². The normalized spacial score (nSPS) is 10.5. The fourth-order valence-corrected chi connectivity index (χ4v) is 2.87. The fourth-order valence-electron chi connectivity index (χ4n) is 2.87. The zero-order valence-corrected chi connectivity index (χ0v) is 15.2. The molecule has 1 aromatic heterocycles. The molecule has 1 N–H and O–H groups in total. The summed E-state index contributed by atoms with van der Waals surface area (Å²) in [5.74, 6) is 7.67. The highest BCUT2D eigenvalue weighted by atomic mass is 16.5. The van der Waals surface area contributed by atoms with Crippen LogP contribution < -0.4 is 9.47 Å². The van der Waals surface area contributed by atoms with E-state index < -0.39 is 0 Å². The van der Waals surface area contributed by atoms with Gasteiger partial charge in [0.25, 0.3) is 0 Å². The number of fused-ring (bicyclic) bond motifs is 1. The van der Waals surface area contributed by atoms with Crippen molar-refractivity contribution in [3.05, 3.63) is 53.2 Å². The van der Waals surface area contributed by atoms with Crippen LogP contribution in [0.15, 0.2) is 36.5 Å². The minimum Gasteiger partial charge on any atom is -0.497 e. The van der Waals surface area contributed by atoms with Crippen LogP contribution in [0.1, 0.15) is 30.0 Å². The Kier molecular flexibility index (Phi) is 5.45. The third-order valence-electron chi connectivity index (χ3n) is 4.25. The van der Waals surface area contributed by atoms with Crippen molar-refractivity contribution in [1.82, 2.24) is 9.78 Å². The van der Waals surface area contributed by atoms with E-state index in [1.165, 1.54) is 0 Å². The molecule has 0 atom stereocenters. The smallest absolute Gasteiger partial charge is 0.127 e. The predicted molar refractivity (Wildman–Crippen MR) is 101 cm³/mol. The van der Waals surface area contributed by atoms with Crippen LogP contribution in [0.25, 0.3) is 10.9 Å². The lowest BCUT2D eigenvalue weighted by molar-refractivity contribution is 0.281. The minimum absolute atomic E-state index is 0.0549. The summed E-state index contributed by atoms with van der Waals surface area (Å²) in [7, 11) is 3.27. The molecule has 5 nitrogen and oxygen atoms in total. The monoisotopic (exact) mass is 350 g/mol. The van der Waals surface area contributed by atoms with Crippen LogP contribution >= 0.6 is 0 Å². The second kappa shape index (κ2) is 7.94. The average Bonchev–Trinajstić information content (AvgIpc) is 3.07. The number of ether oxygens (including phenoxy) is 2. The van der Waals surface area contributed by atoms with Gasteiger partial charge in [-0.2, -0.15) is 5.10 Å². The number of aromatic nitrogens is 2. The van der Waals surface area contributed by atoms with Gasteiger partial charge in [-0.15, -0.1) is 0 Å². The van der Waals surface area contributed by atoms with E-state index in [0.29, 0.717) is 6.54 Å². The van der Waals surface area contributed by atoms with Gasteiger partial charge >= 0.3 is 0 Å². The Morgan fingerprint density at radius 3 is 2.65 bits per heavy atom. The van der Waals surface area contributed by atoms with Crippen LogP contribution in [0.4, 0.5) is 0 Å². The summed E-state index contributed by atoms with van der Waals surface area (Å²) in [6.07, 6.45) is 2.60. The van der Waals surface area contributed by atoms with Crippen molar-refractivity contribution in [1.29, 1.82) is 0 Å². The summed E-state index contributed by atoms with van der Waals surface area (Å²) in [6.45, 7) is 2.51. The number of rotatable bonds is 5. The van der Waals surface area contributed by atoms with Crippen molar-refractivity contribution in [2.24, 2.45) is 0 Å². The van der Waals surface area contributed by atoms with Crippen LogP contribution in [-0.2, 0) is 13.2 Å². The van der Waals surface area contributed by atoms with Gasteiger partial charge in [0.1, 0.15) is 11.5 Å². The fraction of sp³-hybridized carbons (Fsp3) is 0.286. The van der Waals surface area contributed by atoms with E-state index in [-0.39, 0.29) is 6.61 Å². The molecule has 0 aliphatic carbocycles. The van der Waals surface area contributed by atoms with E-state index in [9.17, 15) is 5.11 Å². The molecule has 0 unspecified atom stereocenters. The molecule has 0 saturated carbocycles. The molecule has 2 aromatic carbocycles. The van der Waals surface area contributed by atoms with E-state index >= 15 is 0 Å². The zero-order valence-electron chi connectivity index (χ0n) is 15.2. The Labute approximate surface area is 153 Å². The first-order chi connectivity index (χ1) is 12.7. The number of benzene rings is 2. The molecule has 134 valence electrons. The Hall–Kier alpha value is -2.97. The van der Waals surface area contributed by atoms with E-state index in [1.54, 1.807) is 14.2 Å². The molecule has 0 saturated heterocycles. The number of hydrogen-bond donors (Lipinski definition) is 1. The molecule has 0 aliphatic heterocycles. The molecule has 0 spiro atoms. The molecular formula is C21H22N2O3. The van der Waals surface area contributed by atoms with Gasteiger partial charge in [0, 0.05) is 29.0 Å². The van der Waals surface area contributed by atoms with Gasteiger partial charge in [0.2, 0.25) is 0 Å². The summed E-state index contributed by atoms with van der Waals surface area (Å²) >= 11 is 0. The summed E-state index contributed by atoms with van der Waals surface area (Å²) in [4.78, 5) is 0. The Bertz CT molecular complexity index is 980. The highest BCUT2D eigenvalue weighted by Gasteiger charge is 2.11. The van der Waals surface area contributed by atoms with Gasteiger partial charge in [-0.1, -0.05) is 18.8 Å². The Balaban J connectivity index is 2.01. The van der Waals surface area contributed by atoms with Gasteiger partial charge < -0.3 is 14.6 Å². The lowest BCUT2D eigenvalue weighted by Crippen LogP contribution is -2.04. The highest BCUT2D eigenvalue weighted by molar-refractivity contribution is 5.81. The second-order valence-electron chi connectivity index (χ2n) is 5.86. The summed E-state index contributed by atoms with van der Waals surface area (Å²) in [5.41, 5.74) is 3.61. The lowest BCUT2D eigenvalue weighted by Gasteiger charge is -2.11. The first-order valence-corrected chi connectivity index (χ1v) is 8.49. The van der Waals surface area contributed by atoms with Crippen LogP contribution in [0.3, 0.4) is 0 Å². The van der Waals surface area contributed by atoms with Crippen molar-refractivity contribution < 1.29 is 14.6 Å². The standard InChI is InChI=1S/C21H22N2O3/c1-4-5-6-15-9-17-12-22-23(20(17)10-18(15)14-24)13-16-7-8-19(25-2)11-21(16)26-3/h7-12,24H,4,13-14H2,1-3H3. The largest absolute Gasteiger partial charge is 0.497 e. The summed E-state index contributed by atoms with van der Waals surface area (Å²) in [6, 6.07) is 9.68. The maximum absolute atomic E-state index is 9.70. The molecule has 26 heavy (non-hydrogen) atoms. The maximum atomic E-state index is 9.70. The van der Waals surface area contributed by atoms with Crippen LogP contribution in [0, 0.1) is 11.8 Å². The molecule has 5 heteroatoms.